The topological polar surface area (TPSA) is 21.3 Å². The van der Waals surface area contributed by atoms with Gasteiger partial charge in [0, 0.05) is 18.2 Å². The maximum absolute atomic E-state index is 6.15. The van der Waals surface area contributed by atoms with E-state index >= 15 is 0 Å². The molecule has 3 heteroatoms. The molecule has 0 aliphatic carbocycles. The van der Waals surface area contributed by atoms with Crippen molar-refractivity contribution < 1.29 is 4.74 Å². The largest absolute Gasteiger partial charge is 0.379 e. The number of hydrogen-bond acceptors (Lipinski definition) is 2. The van der Waals surface area contributed by atoms with Crippen LogP contribution in [0.25, 0.3) is 0 Å². The van der Waals surface area contributed by atoms with E-state index < -0.39 is 0 Å². The van der Waals surface area contributed by atoms with Gasteiger partial charge in [-0.1, -0.05) is 29.8 Å². The Labute approximate surface area is 109 Å². The summed E-state index contributed by atoms with van der Waals surface area (Å²) in [4.78, 5) is 0. The molecule has 1 aromatic carbocycles. The van der Waals surface area contributed by atoms with Crippen LogP contribution in [0.5, 0.6) is 0 Å². The van der Waals surface area contributed by atoms with E-state index in [-0.39, 0.29) is 11.6 Å². The Morgan fingerprint density at radius 2 is 2.00 bits per heavy atom. The molecule has 0 bridgehead atoms. The summed E-state index contributed by atoms with van der Waals surface area (Å²) in [6.07, 6.45) is 0.971. The maximum atomic E-state index is 6.15. The molecule has 0 radical (unpaired) electrons. The van der Waals surface area contributed by atoms with Crippen LogP contribution in [0.2, 0.25) is 5.02 Å². The molecule has 0 fully saturated rings. The van der Waals surface area contributed by atoms with Crippen LogP contribution in [0.1, 0.15) is 38.8 Å². The minimum atomic E-state index is -0.0762. The predicted molar refractivity (Wildman–Crippen MR) is 73.6 cm³/mol. The van der Waals surface area contributed by atoms with Crippen LogP contribution in [0.3, 0.4) is 0 Å². The minimum Gasteiger partial charge on any atom is -0.379 e. The van der Waals surface area contributed by atoms with Gasteiger partial charge < -0.3 is 10.1 Å². The molecular formula is C14H22ClNO. The summed E-state index contributed by atoms with van der Waals surface area (Å²) in [6, 6.07) is 8.21. The first kappa shape index (κ1) is 14.5. The van der Waals surface area contributed by atoms with Crippen LogP contribution in [-0.2, 0) is 4.74 Å². The van der Waals surface area contributed by atoms with E-state index in [1.54, 1.807) is 7.11 Å². The van der Waals surface area contributed by atoms with Gasteiger partial charge in [-0.15, -0.1) is 0 Å². The highest BCUT2D eigenvalue weighted by molar-refractivity contribution is 6.31. The normalized spacial score (nSPS) is 13.7. The maximum Gasteiger partial charge on any atom is 0.0634 e. The molecule has 0 saturated heterocycles. The van der Waals surface area contributed by atoms with Gasteiger partial charge in [0.2, 0.25) is 0 Å². The first-order valence-corrected chi connectivity index (χ1v) is 6.37. The molecule has 1 rings (SSSR count). The summed E-state index contributed by atoms with van der Waals surface area (Å²) in [7, 11) is 1.75. The van der Waals surface area contributed by atoms with Crippen LogP contribution < -0.4 is 5.32 Å². The predicted octanol–water partition coefficient (Wildman–Crippen LogP) is 3.81. The lowest BCUT2D eigenvalue weighted by Gasteiger charge is -2.24. The molecule has 1 unspecified atom stereocenters. The number of methoxy groups -OCH3 is 1. The molecule has 17 heavy (non-hydrogen) atoms. The second-order valence-corrected chi connectivity index (χ2v) is 5.32. The molecular weight excluding hydrogens is 234 g/mol. The third-order valence-electron chi connectivity index (χ3n) is 3.10. The smallest absolute Gasteiger partial charge is 0.0634 e. The number of halogens is 1. The number of nitrogens with one attached hydrogen (secondary N) is 1. The van der Waals surface area contributed by atoms with Crippen molar-refractivity contribution in [2.24, 2.45) is 0 Å². The summed E-state index contributed by atoms with van der Waals surface area (Å²) < 4.78 is 5.38. The molecule has 96 valence electrons. The molecule has 0 heterocycles. The first-order valence-electron chi connectivity index (χ1n) is 5.99. The molecule has 1 N–H and O–H groups in total. The van der Waals surface area contributed by atoms with Gasteiger partial charge in [-0.05, 0) is 45.4 Å². The molecule has 0 amide bonds. The molecule has 0 aliphatic heterocycles. The first-order chi connectivity index (χ1) is 7.96. The Hall–Kier alpha value is -0.570. The zero-order valence-electron chi connectivity index (χ0n) is 11.1. The van der Waals surface area contributed by atoms with Crippen molar-refractivity contribution in [3.63, 3.8) is 0 Å². The van der Waals surface area contributed by atoms with E-state index in [1.807, 2.05) is 18.2 Å². The number of ether oxygens (including phenoxy) is 1. The van der Waals surface area contributed by atoms with Crippen molar-refractivity contribution in [2.75, 3.05) is 13.7 Å². The Kier molecular flexibility index (Phi) is 5.44. The summed E-state index contributed by atoms with van der Waals surface area (Å²) in [5.74, 6) is 0. The lowest BCUT2D eigenvalue weighted by molar-refractivity contribution is 0.0154. The minimum absolute atomic E-state index is 0.0762. The Bertz CT molecular complexity index is 352. The van der Waals surface area contributed by atoms with Gasteiger partial charge in [0.25, 0.3) is 0 Å². The van der Waals surface area contributed by atoms with Crippen molar-refractivity contribution in [2.45, 2.75) is 38.8 Å². The van der Waals surface area contributed by atoms with Crippen molar-refractivity contribution in [1.82, 2.24) is 5.32 Å². The van der Waals surface area contributed by atoms with E-state index in [9.17, 15) is 0 Å². The van der Waals surface area contributed by atoms with Gasteiger partial charge in [0.1, 0.15) is 0 Å². The molecule has 1 aromatic rings. The molecule has 2 nitrogen and oxygen atoms in total. The highest BCUT2D eigenvalue weighted by atomic mass is 35.5. The van der Waals surface area contributed by atoms with Crippen molar-refractivity contribution in [3.8, 4) is 0 Å². The summed E-state index contributed by atoms with van der Waals surface area (Å²) in [5, 5.41) is 4.28. The fourth-order valence-electron chi connectivity index (χ4n) is 1.63. The van der Waals surface area contributed by atoms with Crippen LogP contribution in [-0.4, -0.2) is 19.3 Å². The van der Waals surface area contributed by atoms with Crippen LogP contribution >= 0.6 is 11.6 Å². The fourth-order valence-corrected chi connectivity index (χ4v) is 1.93. The Morgan fingerprint density at radius 1 is 1.35 bits per heavy atom. The van der Waals surface area contributed by atoms with E-state index in [0.29, 0.717) is 0 Å². The van der Waals surface area contributed by atoms with Gasteiger partial charge in [0.15, 0.2) is 0 Å². The van der Waals surface area contributed by atoms with E-state index in [4.69, 9.17) is 16.3 Å². The van der Waals surface area contributed by atoms with Gasteiger partial charge in [-0.25, -0.2) is 0 Å². The van der Waals surface area contributed by atoms with Crippen molar-refractivity contribution in [1.29, 1.82) is 0 Å². The van der Waals surface area contributed by atoms with E-state index in [1.165, 1.54) is 0 Å². The quantitative estimate of drug-likeness (QED) is 0.835. The van der Waals surface area contributed by atoms with Crippen LogP contribution in [0.4, 0.5) is 0 Å². The SMILES string of the molecule is COC(C)(C)CCNC(C)c1ccccc1Cl. The standard InChI is InChI=1S/C14H22ClNO/c1-11(12-7-5-6-8-13(12)15)16-10-9-14(2,3)17-4/h5-8,11,16H,9-10H2,1-4H3. The third-order valence-corrected chi connectivity index (χ3v) is 3.45. The third kappa shape index (κ3) is 4.66. The molecule has 0 aliphatic rings. The highest BCUT2D eigenvalue weighted by Gasteiger charge is 2.16. The summed E-state index contributed by atoms with van der Waals surface area (Å²) in [5.41, 5.74) is 1.07. The molecule has 0 spiro atoms. The summed E-state index contributed by atoms with van der Waals surface area (Å²) in [6.45, 7) is 7.22. The highest BCUT2D eigenvalue weighted by Crippen LogP contribution is 2.22. The second-order valence-electron chi connectivity index (χ2n) is 4.91. The van der Waals surface area contributed by atoms with E-state index in [0.717, 1.165) is 23.6 Å². The zero-order valence-corrected chi connectivity index (χ0v) is 11.8. The van der Waals surface area contributed by atoms with Gasteiger partial charge in [0.05, 0.1) is 5.60 Å². The lowest BCUT2D eigenvalue weighted by atomic mass is 10.0. The van der Waals surface area contributed by atoms with Crippen LogP contribution in [0, 0.1) is 0 Å². The fraction of sp³-hybridized carbons (Fsp3) is 0.571. The van der Waals surface area contributed by atoms with E-state index in [2.05, 4.69) is 32.2 Å². The average molecular weight is 256 g/mol. The van der Waals surface area contributed by atoms with Crippen molar-refractivity contribution in [3.05, 3.63) is 34.9 Å². The molecule has 0 saturated carbocycles. The summed E-state index contributed by atoms with van der Waals surface area (Å²) >= 11 is 6.15. The molecule has 1 atom stereocenters. The Morgan fingerprint density at radius 3 is 2.59 bits per heavy atom. The van der Waals surface area contributed by atoms with Gasteiger partial charge in [-0.2, -0.15) is 0 Å². The van der Waals surface area contributed by atoms with Gasteiger partial charge >= 0.3 is 0 Å². The Balaban J connectivity index is 2.46. The second kappa shape index (κ2) is 6.39. The zero-order chi connectivity index (χ0) is 12.9. The lowest BCUT2D eigenvalue weighted by Crippen LogP contribution is -2.30. The average Bonchev–Trinajstić information content (AvgIpc) is 2.29. The number of benzene rings is 1. The monoisotopic (exact) mass is 255 g/mol. The molecule has 0 aromatic heterocycles. The van der Waals surface area contributed by atoms with Crippen LogP contribution in [0.15, 0.2) is 24.3 Å². The van der Waals surface area contributed by atoms with Crippen molar-refractivity contribution >= 4 is 11.6 Å². The number of rotatable bonds is 6. The number of hydrogen-bond donors (Lipinski definition) is 1. The van der Waals surface area contributed by atoms with Gasteiger partial charge in [-0.3, -0.25) is 0 Å².